The maximum absolute atomic E-state index is 11.4. The van der Waals surface area contributed by atoms with Crippen molar-refractivity contribution in [1.29, 1.82) is 0 Å². The third-order valence-electron chi connectivity index (χ3n) is 2.63. The third-order valence-corrected chi connectivity index (χ3v) is 2.63. The third kappa shape index (κ3) is 4.05. The SMILES string of the molecule is CC(C)CC(=O)NCCOc1ccc2c(c1)OCO2. The van der Waals surface area contributed by atoms with E-state index in [1.807, 2.05) is 26.0 Å². The minimum absolute atomic E-state index is 0.0595. The van der Waals surface area contributed by atoms with Gasteiger partial charge in [0.2, 0.25) is 12.7 Å². The summed E-state index contributed by atoms with van der Waals surface area (Å²) in [6.07, 6.45) is 0.546. The Morgan fingerprint density at radius 2 is 2.16 bits per heavy atom. The number of amides is 1. The van der Waals surface area contributed by atoms with E-state index >= 15 is 0 Å². The summed E-state index contributed by atoms with van der Waals surface area (Å²) < 4.78 is 16.0. The van der Waals surface area contributed by atoms with Crippen LogP contribution in [0.25, 0.3) is 0 Å². The number of benzene rings is 1. The Kier molecular flexibility index (Phi) is 4.49. The molecule has 0 atom stereocenters. The Bertz CT molecular complexity index is 445. The van der Waals surface area contributed by atoms with Gasteiger partial charge in [0.05, 0.1) is 6.54 Å². The normalized spacial score (nSPS) is 12.6. The molecule has 0 bridgehead atoms. The Hall–Kier alpha value is -1.91. The predicted octanol–water partition coefficient (Wildman–Crippen LogP) is 1.96. The summed E-state index contributed by atoms with van der Waals surface area (Å²) in [5.41, 5.74) is 0. The minimum Gasteiger partial charge on any atom is -0.492 e. The van der Waals surface area contributed by atoms with Crippen molar-refractivity contribution in [3.8, 4) is 17.2 Å². The van der Waals surface area contributed by atoms with Crippen LogP contribution in [0.3, 0.4) is 0 Å². The highest BCUT2D eigenvalue weighted by molar-refractivity contribution is 5.75. The highest BCUT2D eigenvalue weighted by Crippen LogP contribution is 2.34. The summed E-state index contributed by atoms with van der Waals surface area (Å²) in [6, 6.07) is 5.43. The molecule has 1 aromatic carbocycles. The first-order chi connectivity index (χ1) is 9.15. The van der Waals surface area contributed by atoms with Gasteiger partial charge in [-0.2, -0.15) is 0 Å². The van der Waals surface area contributed by atoms with Crippen LogP contribution in [0.5, 0.6) is 17.2 Å². The van der Waals surface area contributed by atoms with Gasteiger partial charge in [0.1, 0.15) is 12.4 Å². The number of nitrogens with one attached hydrogen (secondary N) is 1. The van der Waals surface area contributed by atoms with Gasteiger partial charge in [-0.05, 0) is 18.1 Å². The monoisotopic (exact) mass is 265 g/mol. The van der Waals surface area contributed by atoms with Gasteiger partial charge in [0, 0.05) is 12.5 Å². The lowest BCUT2D eigenvalue weighted by Crippen LogP contribution is -2.28. The van der Waals surface area contributed by atoms with Crippen LogP contribution in [-0.2, 0) is 4.79 Å². The molecular weight excluding hydrogens is 246 g/mol. The topological polar surface area (TPSA) is 56.8 Å². The first-order valence-corrected chi connectivity index (χ1v) is 6.44. The second-order valence-electron chi connectivity index (χ2n) is 4.81. The van der Waals surface area contributed by atoms with Crippen molar-refractivity contribution in [3.05, 3.63) is 18.2 Å². The number of carbonyl (C=O) groups is 1. The Morgan fingerprint density at radius 3 is 2.95 bits per heavy atom. The zero-order chi connectivity index (χ0) is 13.7. The Labute approximate surface area is 112 Å². The van der Waals surface area contributed by atoms with E-state index in [1.165, 1.54) is 0 Å². The average molecular weight is 265 g/mol. The molecule has 0 spiro atoms. The van der Waals surface area contributed by atoms with Crippen LogP contribution in [0.1, 0.15) is 20.3 Å². The molecule has 0 aromatic heterocycles. The highest BCUT2D eigenvalue weighted by Gasteiger charge is 2.13. The molecule has 104 valence electrons. The summed E-state index contributed by atoms with van der Waals surface area (Å²) in [6.45, 7) is 5.22. The van der Waals surface area contributed by atoms with Crippen LogP contribution in [0.4, 0.5) is 0 Å². The zero-order valence-corrected chi connectivity index (χ0v) is 11.3. The lowest BCUT2D eigenvalue weighted by Gasteiger charge is -2.09. The van der Waals surface area contributed by atoms with Crippen LogP contribution in [0.2, 0.25) is 0 Å². The Morgan fingerprint density at radius 1 is 1.37 bits per heavy atom. The van der Waals surface area contributed by atoms with Crippen LogP contribution >= 0.6 is 0 Å². The van der Waals surface area contributed by atoms with Crippen LogP contribution in [0.15, 0.2) is 18.2 Å². The second-order valence-corrected chi connectivity index (χ2v) is 4.81. The largest absolute Gasteiger partial charge is 0.492 e. The predicted molar refractivity (Wildman–Crippen MR) is 70.5 cm³/mol. The van der Waals surface area contributed by atoms with Crippen LogP contribution in [-0.4, -0.2) is 25.9 Å². The first kappa shape index (κ1) is 13.5. The minimum atomic E-state index is 0.0595. The molecule has 1 aliphatic rings. The van der Waals surface area contributed by atoms with E-state index in [2.05, 4.69) is 5.32 Å². The molecule has 0 unspecified atom stereocenters. The van der Waals surface area contributed by atoms with Gasteiger partial charge < -0.3 is 19.5 Å². The number of hydrogen-bond donors (Lipinski definition) is 1. The van der Waals surface area contributed by atoms with E-state index in [9.17, 15) is 4.79 Å². The van der Waals surface area contributed by atoms with Gasteiger partial charge in [-0.25, -0.2) is 0 Å². The maximum atomic E-state index is 11.4. The van der Waals surface area contributed by atoms with Crippen molar-refractivity contribution in [2.24, 2.45) is 5.92 Å². The molecule has 2 rings (SSSR count). The van der Waals surface area contributed by atoms with Crippen LogP contribution in [0, 0.1) is 5.92 Å². The summed E-state index contributed by atoms with van der Waals surface area (Å²) in [5.74, 6) is 2.57. The second kappa shape index (κ2) is 6.31. The maximum Gasteiger partial charge on any atom is 0.231 e. The molecule has 0 saturated carbocycles. The van der Waals surface area contributed by atoms with Gasteiger partial charge in [-0.15, -0.1) is 0 Å². The quantitative estimate of drug-likeness (QED) is 0.799. The number of ether oxygens (including phenoxy) is 3. The molecule has 0 fully saturated rings. The lowest BCUT2D eigenvalue weighted by molar-refractivity contribution is -0.121. The van der Waals surface area contributed by atoms with Gasteiger partial charge in [-0.3, -0.25) is 4.79 Å². The summed E-state index contributed by atoms with van der Waals surface area (Å²) in [7, 11) is 0. The van der Waals surface area contributed by atoms with Crippen molar-refractivity contribution in [1.82, 2.24) is 5.32 Å². The van der Waals surface area contributed by atoms with Crippen molar-refractivity contribution >= 4 is 5.91 Å². The fourth-order valence-corrected chi connectivity index (χ4v) is 1.77. The molecule has 1 heterocycles. The number of fused-ring (bicyclic) bond motifs is 1. The molecule has 0 radical (unpaired) electrons. The van der Waals surface area contributed by atoms with Crippen molar-refractivity contribution in [2.45, 2.75) is 20.3 Å². The summed E-state index contributed by atoms with van der Waals surface area (Å²) in [5, 5.41) is 2.82. The van der Waals surface area contributed by atoms with E-state index in [4.69, 9.17) is 14.2 Å². The first-order valence-electron chi connectivity index (χ1n) is 6.44. The van der Waals surface area contributed by atoms with Gasteiger partial charge in [0.15, 0.2) is 11.5 Å². The fraction of sp³-hybridized carbons (Fsp3) is 0.500. The van der Waals surface area contributed by atoms with E-state index in [-0.39, 0.29) is 12.7 Å². The number of rotatable bonds is 6. The van der Waals surface area contributed by atoms with Crippen LogP contribution < -0.4 is 19.5 Å². The molecule has 1 N–H and O–H groups in total. The fourth-order valence-electron chi connectivity index (χ4n) is 1.77. The zero-order valence-electron chi connectivity index (χ0n) is 11.3. The summed E-state index contributed by atoms with van der Waals surface area (Å²) >= 11 is 0. The van der Waals surface area contributed by atoms with Crippen molar-refractivity contribution < 1.29 is 19.0 Å². The highest BCUT2D eigenvalue weighted by atomic mass is 16.7. The number of carbonyl (C=O) groups excluding carboxylic acids is 1. The van der Waals surface area contributed by atoms with Gasteiger partial charge in [0.25, 0.3) is 0 Å². The summed E-state index contributed by atoms with van der Waals surface area (Å²) in [4.78, 5) is 11.4. The number of hydrogen-bond acceptors (Lipinski definition) is 4. The van der Waals surface area contributed by atoms with E-state index in [1.54, 1.807) is 6.07 Å². The van der Waals surface area contributed by atoms with Gasteiger partial charge >= 0.3 is 0 Å². The average Bonchev–Trinajstić information content (AvgIpc) is 2.81. The smallest absolute Gasteiger partial charge is 0.231 e. The molecular formula is C14H19NO4. The van der Waals surface area contributed by atoms with Crippen molar-refractivity contribution in [2.75, 3.05) is 19.9 Å². The molecule has 5 heteroatoms. The molecule has 1 aromatic rings. The molecule has 1 amide bonds. The van der Waals surface area contributed by atoms with E-state index in [0.717, 1.165) is 5.75 Å². The molecule has 5 nitrogen and oxygen atoms in total. The molecule has 0 saturated heterocycles. The molecule has 19 heavy (non-hydrogen) atoms. The van der Waals surface area contributed by atoms with E-state index < -0.39 is 0 Å². The standard InChI is InChI=1S/C14H19NO4/c1-10(2)7-14(16)15-5-6-17-11-3-4-12-13(8-11)19-9-18-12/h3-4,8,10H,5-7,9H2,1-2H3,(H,15,16). The van der Waals surface area contributed by atoms with E-state index in [0.29, 0.717) is 37.0 Å². The Balaban J connectivity index is 1.70. The van der Waals surface area contributed by atoms with Gasteiger partial charge in [-0.1, -0.05) is 13.8 Å². The molecule has 1 aliphatic heterocycles. The molecule has 0 aliphatic carbocycles. The van der Waals surface area contributed by atoms with Crippen molar-refractivity contribution in [3.63, 3.8) is 0 Å². The lowest BCUT2D eigenvalue weighted by atomic mass is 10.1.